The van der Waals surface area contributed by atoms with E-state index in [1.165, 1.54) is 12.8 Å². The molecule has 0 aromatic heterocycles. The zero-order valence-corrected chi connectivity index (χ0v) is 11.4. The smallest absolute Gasteiger partial charge is 0.128 e. The van der Waals surface area contributed by atoms with E-state index in [0.717, 1.165) is 25.2 Å². The first-order valence-electron chi connectivity index (χ1n) is 7.28. The average molecular weight is 252 g/mol. The van der Waals surface area contributed by atoms with Gasteiger partial charge in [-0.05, 0) is 43.1 Å². The van der Waals surface area contributed by atoms with E-state index in [4.69, 9.17) is 9.47 Å². The molecule has 102 valence electrons. The van der Waals surface area contributed by atoms with Crippen molar-refractivity contribution in [3.8, 4) is 0 Å². The van der Waals surface area contributed by atoms with Gasteiger partial charge in [0.1, 0.15) is 11.4 Å². The summed E-state index contributed by atoms with van der Waals surface area (Å²) in [5, 5.41) is 9.59. The summed E-state index contributed by atoms with van der Waals surface area (Å²) in [5.41, 5.74) is -0.148. The summed E-state index contributed by atoms with van der Waals surface area (Å²) in [7, 11) is 1.75. The largest absolute Gasteiger partial charge is 0.498 e. The van der Waals surface area contributed by atoms with Crippen LogP contribution in [0.1, 0.15) is 32.6 Å². The lowest BCUT2D eigenvalue weighted by atomic mass is 9.65. The SMILES string of the molecule is CCCC1COC23CCC(CO)C(C=C2OC)C13. The van der Waals surface area contributed by atoms with Crippen LogP contribution in [0.15, 0.2) is 11.8 Å². The van der Waals surface area contributed by atoms with E-state index < -0.39 is 0 Å². The molecule has 0 spiro atoms. The molecule has 3 heteroatoms. The lowest BCUT2D eigenvalue weighted by molar-refractivity contribution is -0.0601. The highest BCUT2D eigenvalue weighted by Gasteiger charge is 2.62. The van der Waals surface area contributed by atoms with Crippen molar-refractivity contribution < 1.29 is 14.6 Å². The zero-order chi connectivity index (χ0) is 12.8. The molecule has 0 amide bonds. The number of hydrogen-bond acceptors (Lipinski definition) is 3. The Labute approximate surface area is 109 Å². The number of rotatable bonds is 4. The standard InChI is InChI=1S/C15H24O3/c1-3-4-11-9-18-15-6-5-10(8-16)12(14(11)15)7-13(15)17-2/h7,10-12,14,16H,3-6,8-9H2,1-2H3. The van der Waals surface area contributed by atoms with Gasteiger partial charge >= 0.3 is 0 Å². The number of allylic oxidation sites excluding steroid dienone is 1. The van der Waals surface area contributed by atoms with Crippen LogP contribution in [-0.4, -0.2) is 31.0 Å². The van der Waals surface area contributed by atoms with Crippen molar-refractivity contribution in [3.63, 3.8) is 0 Å². The molecule has 1 saturated carbocycles. The Morgan fingerprint density at radius 1 is 1.50 bits per heavy atom. The molecule has 1 aliphatic heterocycles. The van der Waals surface area contributed by atoms with Crippen LogP contribution >= 0.6 is 0 Å². The van der Waals surface area contributed by atoms with E-state index in [0.29, 0.717) is 30.3 Å². The van der Waals surface area contributed by atoms with Crippen LogP contribution in [0.25, 0.3) is 0 Å². The Kier molecular flexibility index (Phi) is 3.15. The number of methoxy groups -OCH3 is 1. The van der Waals surface area contributed by atoms with Crippen LogP contribution in [0.3, 0.4) is 0 Å². The molecule has 0 aromatic carbocycles. The van der Waals surface area contributed by atoms with E-state index in [2.05, 4.69) is 13.0 Å². The van der Waals surface area contributed by atoms with Gasteiger partial charge in [0.15, 0.2) is 0 Å². The van der Waals surface area contributed by atoms with E-state index >= 15 is 0 Å². The normalized spacial score (nSPS) is 45.8. The third kappa shape index (κ3) is 1.50. The summed E-state index contributed by atoms with van der Waals surface area (Å²) in [6.45, 7) is 3.40. The lowest BCUT2D eigenvalue weighted by Gasteiger charge is -2.41. The van der Waals surface area contributed by atoms with Gasteiger partial charge in [-0.15, -0.1) is 0 Å². The van der Waals surface area contributed by atoms with Crippen molar-refractivity contribution in [2.24, 2.45) is 23.7 Å². The van der Waals surface area contributed by atoms with Crippen LogP contribution in [0.4, 0.5) is 0 Å². The van der Waals surface area contributed by atoms with Crippen molar-refractivity contribution >= 4 is 0 Å². The highest BCUT2D eigenvalue weighted by Crippen LogP contribution is 2.60. The molecule has 18 heavy (non-hydrogen) atoms. The number of aliphatic hydroxyl groups excluding tert-OH is 1. The van der Waals surface area contributed by atoms with Gasteiger partial charge in [-0.25, -0.2) is 0 Å². The summed E-state index contributed by atoms with van der Waals surface area (Å²) < 4.78 is 11.8. The first-order chi connectivity index (χ1) is 8.76. The maximum absolute atomic E-state index is 9.59. The highest BCUT2D eigenvalue weighted by molar-refractivity contribution is 5.29. The minimum atomic E-state index is -0.148. The summed E-state index contributed by atoms with van der Waals surface area (Å²) in [4.78, 5) is 0. The summed E-state index contributed by atoms with van der Waals surface area (Å²) >= 11 is 0. The maximum atomic E-state index is 9.59. The molecular formula is C15H24O3. The zero-order valence-electron chi connectivity index (χ0n) is 11.4. The van der Waals surface area contributed by atoms with Gasteiger partial charge in [-0.1, -0.05) is 13.3 Å². The Hall–Kier alpha value is -0.540. The molecule has 0 aromatic rings. The summed E-state index contributed by atoms with van der Waals surface area (Å²) in [5.74, 6) is 3.07. The predicted octanol–water partition coefficient (Wildman–Crippen LogP) is 2.35. The number of hydrogen-bond donors (Lipinski definition) is 1. The lowest BCUT2D eigenvalue weighted by Crippen LogP contribution is -2.44. The Bertz CT molecular complexity index is 352. The van der Waals surface area contributed by atoms with Crippen molar-refractivity contribution in [2.75, 3.05) is 20.3 Å². The molecule has 5 atom stereocenters. The molecule has 1 heterocycles. The first-order valence-corrected chi connectivity index (χ1v) is 7.28. The average Bonchev–Trinajstić information content (AvgIpc) is 2.85. The van der Waals surface area contributed by atoms with Crippen molar-refractivity contribution in [1.82, 2.24) is 0 Å². The fraction of sp³-hybridized carbons (Fsp3) is 0.867. The first kappa shape index (κ1) is 12.5. The van der Waals surface area contributed by atoms with Crippen LogP contribution in [0.5, 0.6) is 0 Å². The summed E-state index contributed by atoms with van der Waals surface area (Å²) in [6.07, 6.45) is 6.75. The molecule has 1 N–H and O–H groups in total. The Morgan fingerprint density at radius 3 is 3.00 bits per heavy atom. The third-order valence-electron chi connectivity index (χ3n) is 5.32. The number of ether oxygens (including phenoxy) is 2. The van der Waals surface area contributed by atoms with Gasteiger partial charge in [-0.2, -0.15) is 0 Å². The molecule has 3 aliphatic rings. The Morgan fingerprint density at radius 2 is 2.33 bits per heavy atom. The molecule has 0 radical (unpaired) electrons. The molecule has 5 unspecified atom stereocenters. The molecule has 3 nitrogen and oxygen atoms in total. The van der Waals surface area contributed by atoms with Crippen LogP contribution < -0.4 is 0 Å². The van der Waals surface area contributed by atoms with E-state index in [9.17, 15) is 5.11 Å². The Balaban J connectivity index is 1.93. The fourth-order valence-electron chi connectivity index (χ4n) is 4.59. The van der Waals surface area contributed by atoms with Crippen molar-refractivity contribution in [1.29, 1.82) is 0 Å². The fourth-order valence-corrected chi connectivity index (χ4v) is 4.59. The van der Waals surface area contributed by atoms with Gasteiger partial charge in [-0.3, -0.25) is 0 Å². The van der Waals surface area contributed by atoms with E-state index in [-0.39, 0.29) is 5.60 Å². The molecule has 3 rings (SSSR count). The third-order valence-corrected chi connectivity index (χ3v) is 5.32. The minimum absolute atomic E-state index is 0.148. The number of aliphatic hydroxyl groups is 1. The second-order valence-electron chi connectivity index (χ2n) is 6.07. The molecule has 2 fully saturated rings. The van der Waals surface area contributed by atoms with Crippen molar-refractivity contribution in [2.45, 2.75) is 38.2 Å². The van der Waals surface area contributed by atoms with Gasteiger partial charge in [0, 0.05) is 12.5 Å². The monoisotopic (exact) mass is 252 g/mol. The van der Waals surface area contributed by atoms with Gasteiger partial charge in [0.05, 0.1) is 13.7 Å². The van der Waals surface area contributed by atoms with Crippen LogP contribution in [0.2, 0.25) is 0 Å². The second-order valence-corrected chi connectivity index (χ2v) is 6.07. The van der Waals surface area contributed by atoms with Crippen molar-refractivity contribution in [3.05, 3.63) is 11.8 Å². The van der Waals surface area contributed by atoms with Gasteiger partial charge in [0.2, 0.25) is 0 Å². The van der Waals surface area contributed by atoms with Crippen LogP contribution in [-0.2, 0) is 9.47 Å². The van der Waals surface area contributed by atoms with E-state index in [1.807, 2.05) is 0 Å². The molecule has 2 bridgehead atoms. The predicted molar refractivity (Wildman–Crippen MR) is 69.0 cm³/mol. The highest BCUT2D eigenvalue weighted by atomic mass is 16.5. The van der Waals surface area contributed by atoms with E-state index in [1.54, 1.807) is 7.11 Å². The summed E-state index contributed by atoms with van der Waals surface area (Å²) in [6, 6.07) is 0. The molecule has 2 aliphatic carbocycles. The quantitative estimate of drug-likeness (QED) is 0.834. The molecular weight excluding hydrogens is 228 g/mol. The topological polar surface area (TPSA) is 38.7 Å². The maximum Gasteiger partial charge on any atom is 0.128 e. The minimum Gasteiger partial charge on any atom is -0.498 e. The van der Waals surface area contributed by atoms with Gasteiger partial charge < -0.3 is 14.6 Å². The second kappa shape index (κ2) is 4.53. The molecule has 1 saturated heterocycles. The van der Waals surface area contributed by atoms with Crippen LogP contribution in [0, 0.1) is 23.7 Å². The van der Waals surface area contributed by atoms with Gasteiger partial charge in [0.25, 0.3) is 0 Å².